The number of alkyl halides is 2. The van der Waals surface area contributed by atoms with Gasteiger partial charge in [0.05, 0.1) is 0 Å². The van der Waals surface area contributed by atoms with Gasteiger partial charge in [-0.25, -0.2) is 0 Å². The van der Waals surface area contributed by atoms with Crippen molar-refractivity contribution in [1.29, 1.82) is 0 Å². The van der Waals surface area contributed by atoms with Crippen molar-refractivity contribution in [3.8, 4) is 5.75 Å². The van der Waals surface area contributed by atoms with Crippen LogP contribution in [0, 0.1) is 0 Å². The number of hydrogen-bond donors (Lipinski definition) is 2. The Morgan fingerprint density at radius 1 is 1.29 bits per heavy atom. The predicted molar refractivity (Wildman–Crippen MR) is 63.1 cm³/mol. The quantitative estimate of drug-likeness (QED) is 0.807. The molecule has 0 heterocycles. The van der Waals surface area contributed by atoms with E-state index < -0.39 is 6.61 Å². The second kappa shape index (κ2) is 6.51. The third kappa shape index (κ3) is 4.28. The van der Waals surface area contributed by atoms with Gasteiger partial charge >= 0.3 is 6.61 Å². The second-order valence-corrected chi connectivity index (χ2v) is 3.94. The minimum absolute atomic E-state index is 0.0940. The lowest BCUT2D eigenvalue weighted by molar-refractivity contribution is -0.0506. The first-order valence-corrected chi connectivity index (χ1v) is 5.54. The van der Waals surface area contributed by atoms with Gasteiger partial charge in [-0.1, -0.05) is 18.2 Å². The molecule has 3 N–H and O–H groups in total. The zero-order valence-electron chi connectivity index (χ0n) is 9.99. The minimum atomic E-state index is -2.81. The first-order chi connectivity index (χ1) is 8.04. The lowest BCUT2D eigenvalue weighted by atomic mass is 10.1. The molecule has 1 aromatic rings. The number of rotatable bonds is 6. The zero-order valence-corrected chi connectivity index (χ0v) is 9.99. The molecule has 1 rings (SSSR count). The summed E-state index contributed by atoms with van der Waals surface area (Å²) in [6.45, 7) is 1.50. The molecule has 0 aromatic heterocycles. The van der Waals surface area contributed by atoms with Crippen LogP contribution in [0.5, 0.6) is 5.75 Å². The number of benzene rings is 1. The van der Waals surface area contributed by atoms with Crippen molar-refractivity contribution in [2.24, 2.45) is 5.73 Å². The number of para-hydroxylation sites is 1. The molecule has 17 heavy (non-hydrogen) atoms. The average Bonchev–Trinajstić information content (AvgIpc) is 2.28. The van der Waals surface area contributed by atoms with Gasteiger partial charge in [0, 0.05) is 24.2 Å². The van der Waals surface area contributed by atoms with Gasteiger partial charge in [-0.2, -0.15) is 8.78 Å². The Morgan fingerprint density at radius 2 is 1.94 bits per heavy atom. The predicted octanol–water partition coefficient (Wildman–Crippen LogP) is 2.29. The number of nitrogens with one attached hydrogen (secondary N) is 1. The summed E-state index contributed by atoms with van der Waals surface area (Å²) in [5.41, 5.74) is 6.21. The highest BCUT2D eigenvalue weighted by atomic mass is 19.3. The summed E-state index contributed by atoms with van der Waals surface area (Å²) in [6.07, 6.45) is 0. The van der Waals surface area contributed by atoms with Crippen molar-refractivity contribution in [2.45, 2.75) is 32.5 Å². The SMILES string of the molecule is CC(CN)NC(C)c1ccccc1OC(F)F. The van der Waals surface area contributed by atoms with Crippen LogP contribution in [0.1, 0.15) is 25.5 Å². The monoisotopic (exact) mass is 244 g/mol. The summed E-state index contributed by atoms with van der Waals surface area (Å²) in [5, 5.41) is 3.21. The van der Waals surface area contributed by atoms with E-state index in [4.69, 9.17) is 5.73 Å². The molecule has 96 valence electrons. The van der Waals surface area contributed by atoms with E-state index in [2.05, 4.69) is 10.1 Å². The van der Waals surface area contributed by atoms with E-state index in [9.17, 15) is 8.78 Å². The van der Waals surface area contributed by atoms with E-state index in [1.54, 1.807) is 18.2 Å². The molecule has 3 nitrogen and oxygen atoms in total. The van der Waals surface area contributed by atoms with E-state index in [0.717, 1.165) is 0 Å². The molecule has 0 bridgehead atoms. The topological polar surface area (TPSA) is 47.3 Å². The summed E-state index contributed by atoms with van der Waals surface area (Å²) >= 11 is 0. The molecule has 2 atom stereocenters. The van der Waals surface area contributed by atoms with Crippen LogP contribution < -0.4 is 15.8 Å². The third-order valence-corrected chi connectivity index (χ3v) is 2.49. The van der Waals surface area contributed by atoms with Crippen LogP contribution in [0.4, 0.5) is 8.78 Å². The third-order valence-electron chi connectivity index (χ3n) is 2.49. The summed E-state index contributed by atoms with van der Waals surface area (Å²) in [4.78, 5) is 0. The van der Waals surface area contributed by atoms with E-state index in [0.29, 0.717) is 12.1 Å². The van der Waals surface area contributed by atoms with Crippen LogP contribution in [-0.2, 0) is 0 Å². The Hall–Kier alpha value is -1.20. The lowest BCUT2D eigenvalue weighted by Crippen LogP contribution is -2.35. The Balaban J connectivity index is 2.81. The minimum Gasteiger partial charge on any atom is -0.434 e. The Bertz CT molecular complexity index is 347. The molecule has 0 aliphatic rings. The molecule has 0 fully saturated rings. The van der Waals surface area contributed by atoms with Gasteiger partial charge in [-0.05, 0) is 19.9 Å². The van der Waals surface area contributed by atoms with Gasteiger partial charge in [0.2, 0.25) is 0 Å². The van der Waals surface area contributed by atoms with E-state index in [1.165, 1.54) is 6.07 Å². The Kier molecular flexibility index (Phi) is 5.31. The fraction of sp³-hybridized carbons (Fsp3) is 0.500. The molecule has 5 heteroatoms. The van der Waals surface area contributed by atoms with Gasteiger partial charge < -0.3 is 15.8 Å². The molecular weight excluding hydrogens is 226 g/mol. The molecule has 0 aliphatic carbocycles. The maximum absolute atomic E-state index is 12.2. The van der Waals surface area contributed by atoms with Crippen LogP contribution in [0.15, 0.2) is 24.3 Å². The molecule has 0 saturated heterocycles. The maximum Gasteiger partial charge on any atom is 0.387 e. The highest BCUT2D eigenvalue weighted by molar-refractivity contribution is 5.35. The largest absolute Gasteiger partial charge is 0.434 e. The van der Waals surface area contributed by atoms with Crippen molar-refractivity contribution in [1.82, 2.24) is 5.32 Å². The highest BCUT2D eigenvalue weighted by Crippen LogP contribution is 2.26. The number of halogens is 2. The summed E-state index contributed by atoms with van der Waals surface area (Å²) < 4.78 is 28.9. The fourth-order valence-electron chi connectivity index (χ4n) is 1.63. The van der Waals surface area contributed by atoms with Crippen molar-refractivity contribution >= 4 is 0 Å². The summed E-state index contributed by atoms with van der Waals surface area (Å²) in [5.74, 6) is 0.201. The van der Waals surface area contributed by atoms with Gasteiger partial charge in [0.15, 0.2) is 0 Å². The fourth-order valence-corrected chi connectivity index (χ4v) is 1.63. The zero-order chi connectivity index (χ0) is 12.8. The van der Waals surface area contributed by atoms with Gasteiger partial charge in [0.25, 0.3) is 0 Å². The molecule has 0 spiro atoms. The maximum atomic E-state index is 12.2. The van der Waals surface area contributed by atoms with E-state index in [-0.39, 0.29) is 17.8 Å². The van der Waals surface area contributed by atoms with E-state index >= 15 is 0 Å². The molecule has 0 saturated carbocycles. The number of hydrogen-bond acceptors (Lipinski definition) is 3. The number of nitrogens with two attached hydrogens (primary N) is 1. The first kappa shape index (κ1) is 13.9. The molecule has 1 aromatic carbocycles. The molecule has 0 amide bonds. The average molecular weight is 244 g/mol. The molecule has 0 aliphatic heterocycles. The van der Waals surface area contributed by atoms with Crippen molar-refractivity contribution in [3.05, 3.63) is 29.8 Å². The van der Waals surface area contributed by atoms with Crippen LogP contribution in [-0.4, -0.2) is 19.2 Å². The van der Waals surface area contributed by atoms with Crippen molar-refractivity contribution < 1.29 is 13.5 Å². The van der Waals surface area contributed by atoms with Crippen molar-refractivity contribution in [2.75, 3.05) is 6.54 Å². The normalized spacial score (nSPS) is 14.7. The van der Waals surface area contributed by atoms with E-state index in [1.807, 2.05) is 13.8 Å². The van der Waals surface area contributed by atoms with Gasteiger partial charge in [-0.15, -0.1) is 0 Å². The molecule has 2 unspecified atom stereocenters. The number of ether oxygens (including phenoxy) is 1. The first-order valence-electron chi connectivity index (χ1n) is 5.54. The summed E-state index contributed by atoms with van der Waals surface area (Å²) in [7, 11) is 0. The Morgan fingerprint density at radius 3 is 2.53 bits per heavy atom. The van der Waals surface area contributed by atoms with Crippen LogP contribution in [0.25, 0.3) is 0 Å². The molecular formula is C12H18F2N2O. The van der Waals surface area contributed by atoms with Gasteiger partial charge in [0.1, 0.15) is 5.75 Å². The lowest BCUT2D eigenvalue weighted by Gasteiger charge is -2.21. The molecule has 0 radical (unpaired) electrons. The second-order valence-electron chi connectivity index (χ2n) is 3.94. The summed E-state index contributed by atoms with van der Waals surface area (Å²) in [6, 6.07) is 6.78. The van der Waals surface area contributed by atoms with Crippen molar-refractivity contribution in [3.63, 3.8) is 0 Å². The van der Waals surface area contributed by atoms with Crippen LogP contribution in [0.2, 0.25) is 0 Å². The standard InChI is InChI=1S/C12H18F2N2O/c1-8(7-15)16-9(2)10-5-3-4-6-11(10)17-12(13)14/h3-6,8-9,12,16H,7,15H2,1-2H3. The highest BCUT2D eigenvalue weighted by Gasteiger charge is 2.15. The van der Waals surface area contributed by atoms with Gasteiger partial charge in [-0.3, -0.25) is 0 Å². The smallest absolute Gasteiger partial charge is 0.387 e. The van der Waals surface area contributed by atoms with Crippen LogP contribution in [0.3, 0.4) is 0 Å². The Labute approximate surface area is 100.0 Å². The van der Waals surface area contributed by atoms with Crippen LogP contribution >= 0.6 is 0 Å².